The Hall–Kier alpha value is 2.17. The Morgan fingerprint density at radius 2 is 0.656 bits per heavy atom. The number of rotatable bonds is 2. The summed E-state index contributed by atoms with van der Waals surface area (Å²) >= 11 is 4.25. The predicted octanol–water partition coefficient (Wildman–Crippen LogP) is 9.48. The molecule has 0 aromatic carbocycles. The van der Waals surface area contributed by atoms with Crippen LogP contribution in [0.1, 0.15) is 83.1 Å². The molecule has 32 heavy (non-hydrogen) atoms. The van der Waals surface area contributed by atoms with Crippen LogP contribution in [0.3, 0.4) is 0 Å². The second kappa shape index (κ2) is 16.1. The SMILES string of the molecule is CC(C)(C)[Si](C)(C)[Si][Si](C)(C)C(C)(C)C.C[Si](C)C(C)(C)C.C[Si](C)C(C)(C)C.[Ge][CH2][Ge]. The van der Waals surface area contributed by atoms with Crippen molar-refractivity contribution in [1.29, 1.82) is 0 Å². The normalized spacial score (nSPS) is 13.5. The van der Waals surface area contributed by atoms with Crippen LogP contribution in [0, 0.1) is 0 Å². The minimum atomic E-state index is -1.06. The molecule has 10 radical (unpaired) electrons. The predicted molar refractivity (Wildman–Crippen MR) is 171 cm³/mol. The molecule has 0 saturated carbocycles. The van der Waals surface area contributed by atoms with Crippen molar-refractivity contribution < 1.29 is 0 Å². The van der Waals surface area contributed by atoms with E-state index in [9.17, 15) is 0 Å². The van der Waals surface area contributed by atoms with Gasteiger partial charge in [0.2, 0.25) is 0 Å². The van der Waals surface area contributed by atoms with Crippen molar-refractivity contribution in [3.63, 3.8) is 0 Å². The van der Waals surface area contributed by atoms with Crippen molar-refractivity contribution in [2.45, 2.75) is 160 Å². The molecule has 0 heterocycles. The molecule has 0 atom stereocenters. The third-order valence-corrected chi connectivity index (χ3v) is 41.6. The van der Waals surface area contributed by atoms with Crippen molar-refractivity contribution in [3.8, 4) is 0 Å². The molecule has 0 aliphatic carbocycles. The van der Waals surface area contributed by atoms with Gasteiger partial charge >= 0.3 is 37.1 Å². The maximum atomic E-state index is 2.59. The second-order valence-electron chi connectivity index (χ2n) is 14.6. The third kappa shape index (κ3) is 21.5. The zero-order valence-corrected chi connectivity index (χ0v) is 35.4. The summed E-state index contributed by atoms with van der Waals surface area (Å²) in [5.41, 5.74) is 0. The molecule has 7 heteroatoms. The number of hydrogen-bond acceptors (Lipinski definition) is 0. The molecule has 0 aliphatic heterocycles. The zero-order valence-electron chi connectivity index (χ0n) is 26.2. The average molecular weight is 648 g/mol. The molecule has 0 aromatic rings. The van der Waals surface area contributed by atoms with Crippen LogP contribution in [0.5, 0.6) is 0 Å². The fourth-order valence-corrected chi connectivity index (χ4v) is 31.2. The Morgan fingerprint density at radius 1 is 0.531 bits per heavy atom. The van der Waals surface area contributed by atoms with E-state index in [1.54, 1.807) is 0 Å². The molecule has 0 aromatic heterocycles. The fraction of sp³-hybridized carbons (Fsp3) is 1.00. The molecule has 0 rings (SSSR count). The average Bonchev–Trinajstić information content (AvgIpc) is 2.43. The van der Waals surface area contributed by atoms with Crippen LogP contribution in [-0.4, -0.2) is 74.4 Å². The Bertz CT molecular complexity index is 419. The van der Waals surface area contributed by atoms with Gasteiger partial charge in [-0.15, -0.1) is 0 Å². The van der Waals surface area contributed by atoms with Crippen LogP contribution in [0.15, 0.2) is 0 Å². The Morgan fingerprint density at radius 3 is 0.719 bits per heavy atom. The summed E-state index contributed by atoms with van der Waals surface area (Å²) < 4.78 is 1.25. The zero-order chi connectivity index (χ0) is 27.6. The van der Waals surface area contributed by atoms with Gasteiger partial charge in [-0.05, 0) is 20.2 Å². The second-order valence-corrected chi connectivity index (χ2v) is 46.4. The molecule has 0 aliphatic rings. The van der Waals surface area contributed by atoms with E-state index >= 15 is 0 Å². The van der Waals surface area contributed by atoms with E-state index < -0.39 is 15.2 Å². The standard InChI is InChI=1S/C12H30Si3.2C6H15Si.CH2Ge2/c1-11(2,3)14(7,8)13-15(9,10)12(4,5)6;2*1-6(2,3)7(4)5;2-1-3/h1-10H3;2*1-5H3;1H2. The molecule has 0 nitrogen and oxygen atoms in total. The fourth-order valence-electron chi connectivity index (χ4n) is 1.16. The summed E-state index contributed by atoms with van der Waals surface area (Å²) in [5, 5.41) is 2.32. The van der Waals surface area contributed by atoms with Crippen molar-refractivity contribution in [3.05, 3.63) is 0 Å². The van der Waals surface area contributed by atoms with Crippen molar-refractivity contribution in [1.82, 2.24) is 0 Å². The van der Waals surface area contributed by atoms with E-state index in [4.69, 9.17) is 0 Å². The van der Waals surface area contributed by atoms with Crippen LogP contribution in [0.2, 0.25) is 76.6 Å². The van der Waals surface area contributed by atoms with Crippen molar-refractivity contribution in [2.24, 2.45) is 0 Å². The van der Waals surface area contributed by atoms with Gasteiger partial charge in [-0.2, -0.15) is 0 Å². The number of hydrogen-bond donors (Lipinski definition) is 0. The maximum absolute atomic E-state index is 2.59. The van der Waals surface area contributed by atoms with E-state index in [0.717, 1.165) is 0 Å². The first-order chi connectivity index (χ1) is 13.5. The van der Waals surface area contributed by atoms with Gasteiger partial charge in [0.25, 0.3) is 0 Å². The summed E-state index contributed by atoms with van der Waals surface area (Å²) in [5.74, 6) is 0. The molecule has 190 valence electrons. The summed E-state index contributed by atoms with van der Waals surface area (Å²) in [6, 6.07) is 0. The molecule has 0 spiro atoms. The summed E-state index contributed by atoms with van der Waals surface area (Å²) in [7, 11) is -0.955. The van der Waals surface area contributed by atoms with Gasteiger partial charge in [-0.25, -0.2) is 0 Å². The van der Waals surface area contributed by atoms with Crippen LogP contribution >= 0.6 is 0 Å². The summed E-state index contributed by atoms with van der Waals surface area (Å²) in [4.78, 5) is 0. The van der Waals surface area contributed by atoms with E-state index in [0.29, 0.717) is 20.2 Å². The van der Waals surface area contributed by atoms with E-state index in [2.05, 4.69) is 168 Å². The first-order valence-electron chi connectivity index (χ1n) is 12.2. The van der Waals surface area contributed by atoms with Gasteiger partial charge in [0.05, 0.1) is 0 Å². The van der Waals surface area contributed by atoms with E-state index in [1.807, 2.05) is 0 Å². The quantitative estimate of drug-likeness (QED) is 0.262. The topological polar surface area (TPSA) is 0 Å². The Labute approximate surface area is 232 Å². The first-order valence-corrected chi connectivity index (χ1v) is 29.2. The minimum absolute atomic E-state index is 0.0502. The van der Waals surface area contributed by atoms with E-state index in [1.165, 1.54) is 12.6 Å². The van der Waals surface area contributed by atoms with Crippen LogP contribution < -0.4 is 0 Å². The molecule has 0 unspecified atom stereocenters. The first kappa shape index (κ1) is 41.3. The summed E-state index contributed by atoms with van der Waals surface area (Å²) in [6.45, 7) is 48.3. The Kier molecular flexibility index (Phi) is 20.8. The Balaban J connectivity index is -0.000000192. The molecule has 0 fully saturated rings. The van der Waals surface area contributed by atoms with Gasteiger partial charge in [0, 0.05) is 41.3 Å². The van der Waals surface area contributed by atoms with Crippen LogP contribution in [-0.2, 0) is 0 Å². The molecule has 0 amide bonds. The van der Waals surface area contributed by atoms with Gasteiger partial charge < -0.3 is 0 Å². The van der Waals surface area contributed by atoms with E-state index in [-0.39, 0.29) is 17.6 Å². The molecular weight excluding hydrogens is 586 g/mol. The summed E-state index contributed by atoms with van der Waals surface area (Å²) in [6.07, 6.45) is 0. The van der Waals surface area contributed by atoms with Gasteiger partial charge in [0.1, 0.15) is 0 Å². The van der Waals surface area contributed by atoms with Crippen LogP contribution in [0.4, 0.5) is 0 Å². The van der Waals surface area contributed by atoms with Gasteiger partial charge in [-0.3, -0.25) is 0 Å². The molecule has 0 bridgehead atoms. The monoisotopic (exact) mass is 650 g/mol. The van der Waals surface area contributed by atoms with Gasteiger partial charge in [0.15, 0.2) is 0 Å². The molecule has 0 N–H and O–H groups in total. The van der Waals surface area contributed by atoms with Crippen molar-refractivity contribution in [2.75, 3.05) is 0 Å². The third-order valence-electron chi connectivity index (χ3n) is 7.38. The van der Waals surface area contributed by atoms with Crippen molar-refractivity contribution >= 4 is 74.4 Å². The van der Waals surface area contributed by atoms with Gasteiger partial charge in [-0.1, -0.05) is 135 Å². The molecule has 0 saturated heterocycles. The molecular formula is C25H62Ge2Si5. The van der Waals surface area contributed by atoms with Crippen LogP contribution in [0.25, 0.3) is 0 Å².